The third-order valence-corrected chi connectivity index (χ3v) is 6.66. The average molecular weight is 477 g/mol. The lowest BCUT2D eigenvalue weighted by molar-refractivity contribution is -0.140. The number of imidazole rings is 1. The predicted molar refractivity (Wildman–Crippen MR) is 129 cm³/mol. The van der Waals surface area contributed by atoms with E-state index in [4.69, 9.17) is 9.47 Å². The number of aliphatic hydroxyl groups excluding tert-OH is 1. The molecule has 1 amide bonds. The first-order valence-corrected chi connectivity index (χ1v) is 11.7. The van der Waals surface area contributed by atoms with Gasteiger partial charge in [0.15, 0.2) is 5.76 Å². The van der Waals surface area contributed by atoms with Gasteiger partial charge >= 0.3 is 0 Å². The number of nitrogens with zero attached hydrogens (tertiary/aromatic N) is 4. The number of aromatic nitrogens is 2. The molecule has 9 heteroatoms. The van der Waals surface area contributed by atoms with Crippen molar-refractivity contribution in [3.05, 3.63) is 71.2 Å². The number of para-hydroxylation sites is 1. The molecule has 2 aliphatic rings. The molecule has 1 aromatic carbocycles. The van der Waals surface area contributed by atoms with E-state index in [-0.39, 0.29) is 11.3 Å². The van der Waals surface area contributed by atoms with Crippen molar-refractivity contribution in [2.24, 2.45) is 0 Å². The molecular formula is C26H28N4O5. The highest BCUT2D eigenvalue weighted by Crippen LogP contribution is 2.42. The molecule has 2 fully saturated rings. The molecule has 4 heterocycles. The van der Waals surface area contributed by atoms with Crippen molar-refractivity contribution in [2.45, 2.75) is 13.0 Å². The summed E-state index contributed by atoms with van der Waals surface area (Å²) in [7, 11) is 1.55. The number of hydrogen-bond acceptors (Lipinski definition) is 7. The lowest BCUT2D eigenvalue weighted by Crippen LogP contribution is -2.42. The first-order chi connectivity index (χ1) is 17.0. The van der Waals surface area contributed by atoms with E-state index < -0.39 is 17.7 Å². The summed E-state index contributed by atoms with van der Waals surface area (Å²) in [6.45, 7) is 5.51. The van der Waals surface area contributed by atoms with Crippen LogP contribution in [0.25, 0.3) is 11.4 Å². The Balaban J connectivity index is 1.64. The average Bonchev–Trinajstić information content (AvgIpc) is 3.35. The van der Waals surface area contributed by atoms with Crippen LogP contribution in [0.5, 0.6) is 5.75 Å². The SMILES string of the molecule is COc1ccccc1[C@H]1C(=C(O)c2c(C)nc3ccccn23)C(=O)C(=O)N1CCN1CCOCC1. The molecule has 0 radical (unpaired) electrons. The van der Waals surface area contributed by atoms with Crippen molar-refractivity contribution in [1.82, 2.24) is 19.2 Å². The Bertz CT molecular complexity index is 1310. The summed E-state index contributed by atoms with van der Waals surface area (Å²) in [5.74, 6) is -1.06. The number of hydrogen-bond donors (Lipinski definition) is 1. The number of likely N-dealkylation sites (tertiary alicyclic amines) is 1. The van der Waals surface area contributed by atoms with E-state index in [0.717, 1.165) is 13.1 Å². The van der Waals surface area contributed by atoms with E-state index in [2.05, 4.69) is 9.88 Å². The minimum atomic E-state index is -0.791. The number of fused-ring (bicyclic) bond motifs is 1. The van der Waals surface area contributed by atoms with Crippen molar-refractivity contribution in [2.75, 3.05) is 46.5 Å². The second-order valence-corrected chi connectivity index (χ2v) is 8.66. The lowest BCUT2D eigenvalue weighted by atomic mass is 9.95. The van der Waals surface area contributed by atoms with Crippen LogP contribution in [0.3, 0.4) is 0 Å². The van der Waals surface area contributed by atoms with Gasteiger partial charge in [0, 0.05) is 37.9 Å². The maximum atomic E-state index is 13.4. The highest BCUT2D eigenvalue weighted by molar-refractivity contribution is 6.46. The number of ketones is 1. The van der Waals surface area contributed by atoms with Crippen LogP contribution in [-0.2, 0) is 14.3 Å². The number of pyridine rings is 1. The first kappa shape index (κ1) is 23.1. The van der Waals surface area contributed by atoms with Crippen molar-refractivity contribution in [3.8, 4) is 5.75 Å². The van der Waals surface area contributed by atoms with E-state index in [1.165, 1.54) is 0 Å². The van der Waals surface area contributed by atoms with Crippen LogP contribution in [0, 0.1) is 6.92 Å². The Labute approximate surface area is 203 Å². The van der Waals surface area contributed by atoms with E-state index in [1.807, 2.05) is 36.4 Å². The molecule has 3 aromatic rings. The van der Waals surface area contributed by atoms with Gasteiger partial charge in [0.25, 0.3) is 11.7 Å². The summed E-state index contributed by atoms with van der Waals surface area (Å²) in [5.41, 5.74) is 2.28. The zero-order valence-electron chi connectivity index (χ0n) is 19.8. The molecule has 9 nitrogen and oxygen atoms in total. The van der Waals surface area contributed by atoms with Gasteiger partial charge in [-0.15, -0.1) is 0 Å². The number of aliphatic hydroxyl groups is 1. The quantitative estimate of drug-likeness (QED) is 0.332. The van der Waals surface area contributed by atoms with Gasteiger partial charge in [-0.3, -0.25) is 18.9 Å². The topological polar surface area (TPSA) is 96.6 Å². The first-order valence-electron chi connectivity index (χ1n) is 11.7. The van der Waals surface area contributed by atoms with Crippen LogP contribution >= 0.6 is 0 Å². The number of methoxy groups -OCH3 is 1. The van der Waals surface area contributed by atoms with Gasteiger partial charge in [-0.25, -0.2) is 4.98 Å². The molecule has 1 N–H and O–H groups in total. The van der Waals surface area contributed by atoms with Crippen molar-refractivity contribution < 1.29 is 24.2 Å². The third kappa shape index (κ3) is 4.06. The number of benzene rings is 1. The van der Waals surface area contributed by atoms with Crippen LogP contribution in [0.2, 0.25) is 0 Å². The van der Waals surface area contributed by atoms with E-state index >= 15 is 0 Å². The Kier molecular flexibility index (Phi) is 6.27. The fraction of sp³-hybridized carbons (Fsp3) is 0.346. The van der Waals surface area contributed by atoms with E-state index in [0.29, 0.717) is 54.7 Å². The summed E-state index contributed by atoms with van der Waals surface area (Å²) in [5, 5.41) is 11.6. The molecule has 0 aliphatic carbocycles. The minimum absolute atomic E-state index is 0.0373. The number of morpholine rings is 1. The predicted octanol–water partition coefficient (Wildman–Crippen LogP) is 2.41. The maximum Gasteiger partial charge on any atom is 0.295 e. The van der Waals surface area contributed by atoms with Gasteiger partial charge < -0.3 is 19.5 Å². The molecule has 2 aliphatic heterocycles. The molecular weight excluding hydrogens is 448 g/mol. The Morgan fingerprint density at radius 3 is 2.63 bits per heavy atom. The van der Waals surface area contributed by atoms with Crippen LogP contribution < -0.4 is 4.74 Å². The third-order valence-electron chi connectivity index (χ3n) is 6.66. The normalized spacial score (nSPS) is 20.6. The highest BCUT2D eigenvalue weighted by atomic mass is 16.5. The van der Waals surface area contributed by atoms with Crippen LogP contribution in [0.15, 0.2) is 54.2 Å². The zero-order chi connectivity index (χ0) is 24.5. The number of amides is 1. The van der Waals surface area contributed by atoms with Crippen molar-refractivity contribution >= 4 is 23.1 Å². The van der Waals surface area contributed by atoms with Gasteiger partial charge in [0.05, 0.1) is 37.6 Å². The number of carbonyl (C=O) groups excluding carboxylic acids is 2. The zero-order valence-corrected chi connectivity index (χ0v) is 19.8. The molecule has 0 spiro atoms. The summed E-state index contributed by atoms with van der Waals surface area (Å²) in [6, 6.07) is 12.0. The number of aryl methyl sites for hydroxylation is 1. The highest BCUT2D eigenvalue weighted by Gasteiger charge is 2.47. The van der Waals surface area contributed by atoms with E-state index in [1.54, 1.807) is 35.6 Å². The van der Waals surface area contributed by atoms with Gasteiger partial charge in [-0.1, -0.05) is 24.3 Å². The molecule has 1 atom stereocenters. The molecule has 2 aromatic heterocycles. The molecule has 0 unspecified atom stereocenters. The molecule has 35 heavy (non-hydrogen) atoms. The molecule has 5 rings (SSSR count). The van der Waals surface area contributed by atoms with Gasteiger partial charge in [0.2, 0.25) is 0 Å². The Morgan fingerprint density at radius 1 is 1.11 bits per heavy atom. The largest absolute Gasteiger partial charge is 0.505 e. The number of ether oxygens (including phenoxy) is 2. The number of Topliss-reactive ketones (excluding diaryl/α,β-unsaturated/α-hetero) is 1. The monoisotopic (exact) mass is 476 g/mol. The van der Waals surface area contributed by atoms with Gasteiger partial charge in [0.1, 0.15) is 17.1 Å². The van der Waals surface area contributed by atoms with Crippen LogP contribution in [0.4, 0.5) is 0 Å². The fourth-order valence-corrected chi connectivity index (χ4v) is 4.93. The Hall–Kier alpha value is -3.69. The maximum absolute atomic E-state index is 13.4. The fourth-order valence-electron chi connectivity index (χ4n) is 4.93. The summed E-state index contributed by atoms with van der Waals surface area (Å²) >= 11 is 0. The standard InChI is InChI=1S/C26H28N4O5/c1-17-22(29-10-6-5-9-20(29)27-17)24(31)21-23(18-7-3-4-8-19(18)34-2)30(26(33)25(21)32)12-11-28-13-15-35-16-14-28/h3-10,23,31H,11-16H2,1-2H3/t23-/m0/s1. The molecule has 0 saturated carbocycles. The molecule has 182 valence electrons. The van der Waals surface area contributed by atoms with Gasteiger partial charge in [-0.2, -0.15) is 0 Å². The lowest BCUT2D eigenvalue weighted by Gasteiger charge is -2.31. The number of rotatable bonds is 6. The second kappa shape index (κ2) is 9.52. The minimum Gasteiger partial charge on any atom is -0.505 e. The smallest absolute Gasteiger partial charge is 0.295 e. The van der Waals surface area contributed by atoms with Crippen molar-refractivity contribution in [1.29, 1.82) is 0 Å². The summed E-state index contributed by atoms with van der Waals surface area (Å²) in [6.07, 6.45) is 1.77. The van der Waals surface area contributed by atoms with Crippen LogP contribution in [-0.4, -0.2) is 82.5 Å². The van der Waals surface area contributed by atoms with E-state index in [9.17, 15) is 14.7 Å². The van der Waals surface area contributed by atoms with Gasteiger partial charge in [-0.05, 0) is 25.1 Å². The Morgan fingerprint density at radius 2 is 1.86 bits per heavy atom. The molecule has 2 saturated heterocycles. The number of carbonyl (C=O) groups is 2. The molecule has 0 bridgehead atoms. The summed E-state index contributed by atoms with van der Waals surface area (Å²) in [4.78, 5) is 35.0. The second-order valence-electron chi connectivity index (χ2n) is 8.66. The van der Waals surface area contributed by atoms with Crippen molar-refractivity contribution in [3.63, 3.8) is 0 Å². The van der Waals surface area contributed by atoms with Crippen LogP contribution in [0.1, 0.15) is 23.0 Å². The summed E-state index contributed by atoms with van der Waals surface area (Å²) < 4.78 is 12.7.